The zero-order valence-corrected chi connectivity index (χ0v) is 13.8. The van der Waals surface area contributed by atoms with Gasteiger partial charge in [0.15, 0.2) is 0 Å². The highest BCUT2D eigenvalue weighted by molar-refractivity contribution is 5.23. The van der Waals surface area contributed by atoms with Crippen molar-refractivity contribution in [1.29, 1.82) is 0 Å². The van der Waals surface area contributed by atoms with Crippen LogP contribution >= 0.6 is 0 Å². The third kappa shape index (κ3) is 3.58. The molecule has 0 saturated carbocycles. The van der Waals surface area contributed by atoms with E-state index in [-0.39, 0.29) is 0 Å². The van der Waals surface area contributed by atoms with Crippen LogP contribution in [-0.4, -0.2) is 44.0 Å². The fourth-order valence-corrected chi connectivity index (χ4v) is 3.59. The van der Waals surface area contributed by atoms with E-state index in [0.29, 0.717) is 6.04 Å². The molecule has 120 valence electrons. The molecule has 0 spiro atoms. The Morgan fingerprint density at radius 2 is 2.18 bits per heavy atom. The first-order valence-electron chi connectivity index (χ1n) is 8.46. The van der Waals surface area contributed by atoms with Gasteiger partial charge < -0.3 is 0 Å². The summed E-state index contributed by atoms with van der Waals surface area (Å²) in [7, 11) is 0. The number of likely N-dealkylation sites (tertiary alicyclic amines) is 1. The quantitative estimate of drug-likeness (QED) is 0.892. The molecule has 3 heterocycles. The van der Waals surface area contributed by atoms with Crippen molar-refractivity contribution in [3.05, 3.63) is 35.4 Å². The molecule has 5 nitrogen and oxygen atoms in total. The second-order valence-electron chi connectivity index (χ2n) is 6.41. The van der Waals surface area contributed by atoms with Crippen LogP contribution in [0.5, 0.6) is 0 Å². The second kappa shape index (κ2) is 7.09. The molecule has 0 amide bonds. The second-order valence-corrected chi connectivity index (χ2v) is 6.41. The predicted molar refractivity (Wildman–Crippen MR) is 87.8 cm³/mol. The van der Waals surface area contributed by atoms with Crippen LogP contribution in [0.25, 0.3) is 0 Å². The van der Waals surface area contributed by atoms with Crippen LogP contribution in [-0.2, 0) is 13.0 Å². The number of H-pyrrole nitrogens is 1. The van der Waals surface area contributed by atoms with Crippen molar-refractivity contribution >= 4 is 0 Å². The van der Waals surface area contributed by atoms with Gasteiger partial charge >= 0.3 is 0 Å². The molecule has 1 saturated heterocycles. The summed E-state index contributed by atoms with van der Waals surface area (Å²) in [6.45, 7) is 7.63. The molecule has 1 fully saturated rings. The number of rotatable bonds is 6. The van der Waals surface area contributed by atoms with Gasteiger partial charge in [0.2, 0.25) is 0 Å². The first-order chi connectivity index (χ1) is 10.7. The molecule has 2 aromatic rings. The Kier molecular flexibility index (Phi) is 4.93. The average Bonchev–Trinajstić information content (AvgIpc) is 3.15. The van der Waals surface area contributed by atoms with Crippen molar-refractivity contribution in [2.45, 2.75) is 58.5 Å². The van der Waals surface area contributed by atoms with Crippen molar-refractivity contribution in [2.75, 3.05) is 13.1 Å². The highest BCUT2D eigenvalue weighted by atomic mass is 15.3. The summed E-state index contributed by atoms with van der Waals surface area (Å²) in [5.41, 5.74) is 3.78. The maximum atomic E-state index is 4.32. The molecule has 0 unspecified atom stereocenters. The smallest absolute Gasteiger partial charge is 0.0626 e. The van der Waals surface area contributed by atoms with Crippen LogP contribution in [0.3, 0.4) is 0 Å². The molecule has 5 heteroatoms. The summed E-state index contributed by atoms with van der Waals surface area (Å²) in [5, 5.41) is 11.7. The lowest BCUT2D eigenvalue weighted by Gasteiger charge is -2.36. The van der Waals surface area contributed by atoms with E-state index in [1.165, 1.54) is 43.5 Å². The highest BCUT2D eigenvalue weighted by Gasteiger charge is 2.22. The number of hydrogen-bond donors (Lipinski definition) is 1. The lowest BCUT2D eigenvalue weighted by Crippen LogP contribution is -2.41. The van der Waals surface area contributed by atoms with E-state index < -0.39 is 0 Å². The maximum Gasteiger partial charge on any atom is 0.0626 e. The van der Waals surface area contributed by atoms with E-state index in [2.05, 4.69) is 44.9 Å². The third-order valence-electron chi connectivity index (χ3n) is 4.93. The van der Waals surface area contributed by atoms with Crippen LogP contribution in [0.4, 0.5) is 0 Å². The Morgan fingerprint density at radius 3 is 2.91 bits per heavy atom. The van der Waals surface area contributed by atoms with Crippen LogP contribution in [0.2, 0.25) is 0 Å². The fourth-order valence-electron chi connectivity index (χ4n) is 3.59. The van der Waals surface area contributed by atoms with Crippen molar-refractivity contribution < 1.29 is 0 Å². The highest BCUT2D eigenvalue weighted by Crippen LogP contribution is 2.21. The van der Waals surface area contributed by atoms with Gasteiger partial charge in [-0.2, -0.15) is 10.2 Å². The van der Waals surface area contributed by atoms with Crippen molar-refractivity contribution in [2.24, 2.45) is 0 Å². The number of aromatic amines is 1. The number of hydrogen-bond acceptors (Lipinski definition) is 3. The summed E-state index contributed by atoms with van der Waals surface area (Å²) in [6.07, 6.45) is 10.3. The molecule has 1 N–H and O–H groups in total. The molecule has 0 radical (unpaired) electrons. The van der Waals surface area contributed by atoms with E-state index in [0.717, 1.165) is 25.2 Å². The largest absolute Gasteiger partial charge is 0.300 e. The van der Waals surface area contributed by atoms with Gasteiger partial charge in [-0.05, 0) is 57.7 Å². The van der Waals surface area contributed by atoms with Gasteiger partial charge in [0, 0.05) is 37.2 Å². The van der Waals surface area contributed by atoms with E-state index in [1.54, 1.807) is 0 Å². The number of aryl methyl sites for hydroxylation is 3. The van der Waals surface area contributed by atoms with Crippen LogP contribution in [0, 0.1) is 13.8 Å². The molecular weight excluding hydrogens is 274 g/mol. The van der Waals surface area contributed by atoms with E-state index >= 15 is 0 Å². The third-order valence-corrected chi connectivity index (χ3v) is 4.93. The molecule has 22 heavy (non-hydrogen) atoms. The molecule has 0 bridgehead atoms. The Morgan fingerprint density at radius 1 is 1.27 bits per heavy atom. The maximum absolute atomic E-state index is 4.32. The van der Waals surface area contributed by atoms with Gasteiger partial charge in [-0.3, -0.25) is 14.7 Å². The van der Waals surface area contributed by atoms with Gasteiger partial charge in [-0.1, -0.05) is 6.42 Å². The van der Waals surface area contributed by atoms with Crippen LogP contribution in [0.1, 0.15) is 42.6 Å². The first kappa shape index (κ1) is 15.3. The van der Waals surface area contributed by atoms with Gasteiger partial charge in [0.1, 0.15) is 0 Å². The molecule has 0 aliphatic carbocycles. The minimum Gasteiger partial charge on any atom is -0.300 e. The monoisotopic (exact) mass is 301 g/mol. The average molecular weight is 301 g/mol. The van der Waals surface area contributed by atoms with Gasteiger partial charge in [0.25, 0.3) is 0 Å². The topological polar surface area (TPSA) is 49.7 Å². The van der Waals surface area contributed by atoms with Crippen LogP contribution in [0.15, 0.2) is 18.5 Å². The van der Waals surface area contributed by atoms with E-state index in [1.807, 2.05) is 12.3 Å². The van der Waals surface area contributed by atoms with Crippen molar-refractivity contribution in [3.63, 3.8) is 0 Å². The zero-order chi connectivity index (χ0) is 15.4. The Hall–Kier alpha value is -1.62. The lowest BCUT2D eigenvalue weighted by molar-refractivity contribution is 0.136. The number of nitrogens with zero attached hydrogens (tertiary/aromatic N) is 4. The Balaban J connectivity index is 1.55. The zero-order valence-electron chi connectivity index (χ0n) is 13.8. The molecule has 1 atom stereocenters. The molecule has 1 aliphatic heterocycles. The van der Waals surface area contributed by atoms with E-state index in [4.69, 9.17) is 0 Å². The summed E-state index contributed by atoms with van der Waals surface area (Å²) >= 11 is 0. The Labute approximate surface area is 132 Å². The summed E-state index contributed by atoms with van der Waals surface area (Å²) in [4.78, 5) is 2.68. The molecular formula is C17H27N5. The lowest BCUT2D eigenvalue weighted by atomic mass is 9.98. The predicted octanol–water partition coefficient (Wildman–Crippen LogP) is 2.71. The molecule has 3 rings (SSSR count). The Bertz CT molecular complexity index is 552. The van der Waals surface area contributed by atoms with Crippen LogP contribution < -0.4 is 0 Å². The van der Waals surface area contributed by atoms with Gasteiger partial charge in [-0.15, -0.1) is 0 Å². The first-order valence-corrected chi connectivity index (χ1v) is 8.46. The van der Waals surface area contributed by atoms with Crippen molar-refractivity contribution in [1.82, 2.24) is 24.9 Å². The minimum absolute atomic E-state index is 0.700. The summed E-state index contributed by atoms with van der Waals surface area (Å²) < 4.78 is 2.05. The SMILES string of the molecule is Cc1n[nH]c(C)c1CCN1CCCC[C@@H]1CCn1cccn1. The summed E-state index contributed by atoms with van der Waals surface area (Å²) in [6, 6.07) is 2.70. The van der Waals surface area contributed by atoms with Gasteiger partial charge in [-0.25, -0.2) is 0 Å². The molecule has 0 aromatic carbocycles. The normalized spacial score (nSPS) is 19.6. The molecule has 1 aliphatic rings. The summed E-state index contributed by atoms with van der Waals surface area (Å²) in [5.74, 6) is 0. The number of nitrogens with one attached hydrogen (secondary N) is 1. The minimum atomic E-state index is 0.700. The number of piperidine rings is 1. The van der Waals surface area contributed by atoms with Gasteiger partial charge in [0.05, 0.1) is 5.69 Å². The molecule has 2 aromatic heterocycles. The fraction of sp³-hybridized carbons (Fsp3) is 0.647. The number of aromatic nitrogens is 4. The van der Waals surface area contributed by atoms with Crippen molar-refractivity contribution in [3.8, 4) is 0 Å². The standard InChI is InChI=1S/C17H27N5/c1-14-17(15(2)20-19-14)8-12-21-10-4-3-6-16(21)7-13-22-11-5-9-18-22/h5,9,11,16H,3-4,6-8,10,12-13H2,1-2H3,(H,19,20)/t16-/m1/s1. The van der Waals surface area contributed by atoms with E-state index in [9.17, 15) is 0 Å².